The van der Waals surface area contributed by atoms with E-state index in [9.17, 15) is 8.42 Å². The number of benzene rings is 3. The van der Waals surface area contributed by atoms with Crippen molar-refractivity contribution in [2.75, 3.05) is 24.7 Å². The van der Waals surface area contributed by atoms with Crippen LogP contribution in [-0.2, 0) is 9.05 Å². The van der Waals surface area contributed by atoms with E-state index in [1.54, 1.807) is 36.4 Å². The Morgan fingerprint density at radius 2 is 1.48 bits per heavy atom. The van der Waals surface area contributed by atoms with Crippen molar-refractivity contribution in [3.05, 3.63) is 60.7 Å². The highest BCUT2D eigenvalue weighted by Crippen LogP contribution is 2.31. The van der Waals surface area contributed by atoms with Crippen molar-refractivity contribution in [2.24, 2.45) is 0 Å². The van der Waals surface area contributed by atoms with Crippen LogP contribution in [0.25, 0.3) is 10.8 Å². The fourth-order valence-electron chi connectivity index (χ4n) is 2.34. The third-order valence-corrected chi connectivity index (χ3v) is 4.88. The number of anilines is 2. The Kier molecular flexibility index (Phi) is 5.77. The molecule has 0 aromatic heterocycles. The van der Waals surface area contributed by atoms with E-state index in [1.807, 2.05) is 37.2 Å². The minimum atomic E-state index is -3.72. The lowest BCUT2D eigenvalue weighted by atomic mass is 10.1. The minimum Gasteiger partial charge on any atom is -0.508 e. The molecule has 3 rings (SSSR count). The molecule has 0 atom stereocenters. The second-order valence-corrected chi connectivity index (χ2v) is 8.09. The van der Waals surface area contributed by atoms with E-state index in [-0.39, 0.29) is 10.6 Å². The Morgan fingerprint density at radius 3 is 2.00 bits per heavy atom. The van der Waals surface area contributed by atoms with Gasteiger partial charge in [0.2, 0.25) is 0 Å². The number of rotatable bonds is 2. The summed E-state index contributed by atoms with van der Waals surface area (Å²) < 4.78 is 23.0. The molecule has 0 amide bonds. The zero-order chi connectivity index (χ0) is 18.6. The van der Waals surface area contributed by atoms with Crippen LogP contribution in [0.5, 0.6) is 5.75 Å². The summed E-state index contributed by atoms with van der Waals surface area (Å²) in [6, 6.07) is 17.0. The highest BCUT2D eigenvalue weighted by Gasteiger charge is 2.15. The predicted octanol–water partition coefficient (Wildman–Crippen LogP) is 3.81. The van der Waals surface area contributed by atoms with Gasteiger partial charge in [-0.1, -0.05) is 24.3 Å². The van der Waals surface area contributed by atoms with E-state index in [0.717, 1.165) is 11.1 Å². The molecule has 0 fully saturated rings. The lowest BCUT2D eigenvalue weighted by Gasteiger charge is -2.16. The van der Waals surface area contributed by atoms with Gasteiger partial charge < -0.3 is 15.7 Å². The zero-order valence-electron chi connectivity index (χ0n) is 13.8. The maximum atomic E-state index is 11.5. The van der Waals surface area contributed by atoms with Crippen LogP contribution in [0.2, 0.25) is 0 Å². The lowest BCUT2D eigenvalue weighted by Crippen LogP contribution is -2.09. The number of aromatic hydroxyl groups is 1. The van der Waals surface area contributed by atoms with Gasteiger partial charge in [-0.25, -0.2) is 8.42 Å². The fourth-order valence-corrected chi connectivity index (χ4v) is 3.43. The van der Waals surface area contributed by atoms with Gasteiger partial charge in [-0.05, 0) is 36.4 Å². The van der Waals surface area contributed by atoms with Gasteiger partial charge in [0.1, 0.15) is 5.75 Å². The van der Waals surface area contributed by atoms with Crippen molar-refractivity contribution in [1.29, 1.82) is 0 Å². The van der Waals surface area contributed by atoms with Gasteiger partial charge in [0.05, 0.1) is 4.90 Å². The largest absolute Gasteiger partial charge is 0.508 e. The van der Waals surface area contributed by atoms with E-state index < -0.39 is 9.05 Å². The maximum absolute atomic E-state index is 11.5. The number of fused-ring (bicyclic) bond motifs is 1. The van der Waals surface area contributed by atoms with Gasteiger partial charge in [-0.2, -0.15) is 0 Å². The van der Waals surface area contributed by atoms with Crippen molar-refractivity contribution < 1.29 is 13.5 Å². The number of nitrogens with zero attached hydrogens (tertiary/aromatic N) is 1. The molecule has 5 nitrogen and oxygen atoms in total. The minimum absolute atomic E-state index is 0.153. The first-order valence-corrected chi connectivity index (χ1v) is 9.69. The smallest absolute Gasteiger partial charge is 0.261 e. The number of nitrogens with two attached hydrogens (primary N) is 1. The molecule has 0 bridgehead atoms. The molecule has 132 valence electrons. The molecule has 0 heterocycles. The Balaban J connectivity index is 0.000000236. The molecule has 0 aliphatic carbocycles. The standard InChI is InChI=1S/C12H12ClNO2S.C6H7NO/c1-14(2)11-7-3-6-10-9(11)5-4-8-12(10)17(13,15)16;7-5-1-3-6(8)4-2-5/h3-8H,1-2H3;1-4,8H,7H2. The van der Waals surface area contributed by atoms with Crippen molar-refractivity contribution >= 4 is 41.9 Å². The van der Waals surface area contributed by atoms with Gasteiger partial charge in [0.25, 0.3) is 9.05 Å². The molecule has 0 aliphatic rings. The van der Waals surface area contributed by atoms with Gasteiger partial charge in [0, 0.05) is 46.9 Å². The Bertz CT molecular complexity index is 950. The van der Waals surface area contributed by atoms with Gasteiger partial charge in [-0.15, -0.1) is 0 Å². The van der Waals surface area contributed by atoms with Crippen LogP contribution in [0, 0.1) is 0 Å². The number of phenols is 1. The van der Waals surface area contributed by atoms with E-state index in [4.69, 9.17) is 21.5 Å². The van der Waals surface area contributed by atoms with E-state index in [2.05, 4.69) is 0 Å². The summed E-state index contributed by atoms with van der Waals surface area (Å²) in [6.45, 7) is 0. The van der Waals surface area contributed by atoms with Crippen LogP contribution in [0.3, 0.4) is 0 Å². The fraction of sp³-hybridized carbons (Fsp3) is 0.111. The van der Waals surface area contributed by atoms with E-state index >= 15 is 0 Å². The second-order valence-electron chi connectivity index (χ2n) is 5.55. The van der Waals surface area contributed by atoms with Crippen LogP contribution in [0.15, 0.2) is 65.6 Å². The molecule has 0 radical (unpaired) electrons. The van der Waals surface area contributed by atoms with E-state index in [1.165, 1.54) is 6.07 Å². The summed E-state index contributed by atoms with van der Waals surface area (Å²) in [5, 5.41) is 10.2. The first kappa shape index (κ1) is 18.9. The zero-order valence-corrected chi connectivity index (χ0v) is 15.4. The van der Waals surface area contributed by atoms with Crippen LogP contribution < -0.4 is 10.6 Å². The molecule has 3 aromatic rings. The van der Waals surface area contributed by atoms with Crippen molar-refractivity contribution in [1.82, 2.24) is 0 Å². The van der Waals surface area contributed by atoms with Gasteiger partial charge in [-0.3, -0.25) is 0 Å². The summed E-state index contributed by atoms with van der Waals surface area (Å²) in [4.78, 5) is 2.09. The Hall–Kier alpha value is -2.44. The number of hydrogen-bond acceptors (Lipinski definition) is 5. The normalized spacial score (nSPS) is 10.8. The molecule has 25 heavy (non-hydrogen) atoms. The van der Waals surface area contributed by atoms with Crippen LogP contribution >= 0.6 is 10.7 Å². The summed E-state index contributed by atoms with van der Waals surface area (Å²) in [6.07, 6.45) is 0. The van der Waals surface area contributed by atoms with Crippen LogP contribution in [-0.4, -0.2) is 27.6 Å². The average molecular weight is 379 g/mol. The molecule has 0 unspecified atom stereocenters. The SMILES string of the molecule is CN(C)c1cccc2c(S(=O)(=O)Cl)cccc12.Nc1ccc(O)cc1. The summed E-state index contributed by atoms with van der Waals surface area (Å²) in [5.74, 6) is 0.249. The summed E-state index contributed by atoms with van der Waals surface area (Å²) in [7, 11) is 5.54. The number of nitrogen functional groups attached to an aromatic ring is 1. The summed E-state index contributed by atoms with van der Waals surface area (Å²) >= 11 is 0. The average Bonchev–Trinajstić information content (AvgIpc) is 2.56. The van der Waals surface area contributed by atoms with Gasteiger partial charge >= 0.3 is 0 Å². The molecule has 0 saturated heterocycles. The van der Waals surface area contributed by atoms with Crippen LogP contribution in [0.1, 0.15) is 0 Å². The first-order chi connectivity index (χ1) is 11.7. The monoisotopic (exact) mass is 378 g/mol. The first-order valence-electron chi connectivity index (χ1n) is 7.38. The molecule has 3 N–H and O–H groups in total. The van der Waals surface area contributed by atoms with E-state index in [0.29, 0.717) is 11.1 Å². The molecule has 3 aromatic carbocycles. The maximum Gasteiger partial charge on any atom is 0.261 e. The number of phenolic OH excluding ortho intramolecular Hbond substituents is 1. The third-order valence-electron chi connectivity index (χ3n) is 3.50. The molecule has 0 spiro atoms. The third kappa shape index (κ3) is 4.78. The van der Waals surface area contributed by atoms with Crippen molar-refractivity contribution in [2.45, 2.75) is 4.90 Å². The number of hydrogen-bond donors (Lipinski definition) is 2. The van der Waals surface area contributed by atoms with Crippen molar-refractivity contribution in [3.63, 3.8) is 0 Å². The van der Waals surface area contributed by atoms with Crippen molar-refractivity contribution in [3.8, 4) is 5.75 Å². The lowest BCUT2D eigenvalue weighted by molar-refractivity contribution is 0.475. The molecule has 0 aliphatic heterocycles. The molecular weight excluding hydrogens is 360 g/mol. The predicted molar refractivity (Wildman–Crippen MR) is 104 cm³/mol. The Labute approximate surface area is 151 Å². The number of halogens is 1. The van der Waals surface area contributed by atoms with Crippen LogP contribution in [0.4, 0.5) is 11.4 Å². The second kappa shape index (κ2) is 7.63. The molecule has 0 saturated carbocycles. The quantitative estimate of drug-likeness (QED) is 0.402. The molecular formula is C18H19ClN2O3S. The summed E-state index contributed by atoms with van der Waals surface area (Å²) in [5.41, 5.74) is 6.95. The Morgan fingerprint density at radius 1 is 0.920 bits per heavy atom. The van der Waals surface area contributed by atoms with Gasteiger partial charge in [0.15, 0.2) is 0 Å². The molecule has 7 heteroatoms. The highest BCUT2D eigenvalue weighted by atomic mass is 35.7. The highest BCUT2D eigenvalue weighted by molar-refractivity contribution is 8.14. The topological polar surface area (TPSA) is 83.6 Å².